The van der Waals surface area contributed by atoms with Gasteiger partial charge in [-0.1, -0.05) is 34.6 Å². The highest BCUT2D eigenvalue weighted by Gasteiger charge is 2.52. The van der Waals surface area contributed by atoms with Crippen molar-refractivity contribution in [1.29, 1.82) is 0 Å². The van der Waals surface area contributed by atoms with Crippen molar-refractivity contribution in [3.05, 3.63) is 29.8 Å². The smallest absolute Gasteiger partial charge is 0.251 e. The van der Waals surface area contributed by atoms with E-state index in [9.17, 15) is 14.4 Å². The molecular formula is C28H42N4O4. The number of likely N-dealkylation sites (tertiary alicyclic amines) is 1. The number of hydrogen-bond donors (Lipinski definition) is 1. The second-order valence-corrected chi connectivity index (χ2v) is 11.6. The largest absolute Gasteiger partial charge is 0.369 e. The maximum atomic E-state index is 13.7. The second kappa shape index (κ2) is 10.9. The van der Waals surface area contributed by atoms with E-state index in [0.717, 1.165) is 44.8 Å². The summed E-state index contributed by atoms with van der Waals surface area (Å²) in [5.74, 6) is -0.353. The zero-order chi connectivity index (χ0) is 26.0. The van der Waals surface area contributed by atoms with Crippen LogP contribution in [-0.2, 0) is 14.3 Å². The minimum absolute atomic E-state index is 0.0412. The van der Waals surface area contributed by atoms with E-state index < -0.39 is 12.1 Å². The summed E-state index contributed by atoms with van der Waals surface area (Å²) in [6, 6.07) is 6.41. The van der Waals surface area contributed by atoms with Crippen LogP contribution in [0.15, 0.2) is 24.3 Å². The van der Waals surface area contributed by atoms with E-state index in [-0.39, 0.29) is 41.6 Å². The summed E-state index contributed by atoms with van der Waals surface area (Å²) < 4.78 is 5.74. The summed E-state index contributed by atoms with van der Waals surface area (Å²) in [6.07, 6.45) is 1.09. The number of amides is 2. The van der Waals surface area contributed by atoms with Gasteiger partial charge in [0.1, 0.15) is 18.7 Å². The van der Waals surface area contributed by atoms with Crippen LogP contribution in [0.3, 0.4) is 0 Å². The first-order valence-electron chi connectivity index (χ1n) is 13.4. The van der Waals surface area contributed by atoms with Gasteiger partial charge in [0, 0.05) is 49.9 Å². The highest BCUT2D eigenvalue weighted by atomic mass is 16.5. The van der Waals surface area contributed by atoms with Gasteiger partial charge in [0.2, 0.25) is 5.91 Å². The predicted molar refractivity (Wildman–Crippen MR) is 140 cm³/mol. The van der Waals surface area contributed by atoms with Crippen LogP contribution in [0.25, 0.3) is 0 Å². The molecule has 3 aliphatic heterocycles. The Kier molecular flexibility index (Phi) is 8.05. The fraction of sp³-hybridized carbons (Fsp3) is 0.679. The fourth-order valence-electron chi connectivity index (χ4n) is 5.74. The number of nitrogens with one attached hydrogen (secondary N) is 1. The van der Waals surface area contributed by atoms with Crippen LogP contribution in [0.1, 0.15) is 57.8 Å². The molecule has 3 heterocycles. The average Bonchev–Trinajstić information content (AvgIpc) is 3.43. The predicted octanol–water partition coefficient (Wildman–Crippen LogP) is 2.57. The molecule has 3 saturated heterocycles. The summed E-state index contributed by atoms with van der Waals surface area (Å²) in [5.41, 5.74) is 1.46. The molecule has 0 bridgehead atoms. The van der Waals surface area contributed by atoms with E-state index in [1.54, 1.807) is 4.90 Å². The van der Waals surface area contributed by atoms with Crippen molar-refractivity contribution in [1.82, 2.24) is 15.1 Å². The molecule has 0 aliphatic carbocycles. The third-order valence-electron chi connectivity index (χ3n) is 7.83. The first kappa shape index (κ1) is 26.6. The summed E-state index contributed by atoms with van der Waals surface area (Å²) in [4.78, 5) is 46.0. The number of ketones is 1. The minimum Gasteiger partial charge on any atom is -0.369 e. The van der Waals surface area contributed by atoms with Gasteiger partial charge in [-0.25, -0.2) is 0 Å². The van der Waals surface area contributed by atoms with Crippen LogP contribution in [0, 0.1) is 11.3 Å². The molecule has 4 atom stereocenters. The molecule has 0 radical (unpaired) electrons. The Labute approximate surface area is 215 Å². The number of hydrogen-bond acceptors (Lipinski definition) is 6. The Morgan fingerprint density at radius 2 is 1.75 bits per heavy atom. The number of Topliss-reactive ketones (excluding diaryl/α,β-unsaturated/α-hetero) is 1. The maximum absolute atomic E-state index is 13.7. The first-order valence-corrected chi connectivity index (χ1v) is 13.4. The van der Waals surface area contributed by atoms with Gasteiger partial charge in [-0.2, -0.15) is 0 Å². The Bertz CT molecular complexity index is 949. The number of carbonyl (C=O) groups is 3. The van der Waals surface area contributed by atoms with E-state index >= 15 is 0 Å². The van der Waals surface area contributed by atoms with Gasteiger partial charge >= 0.3 is 0 Å². The fourth-order valence-corrected chi connectivity index (χ4v) is 5.74. The topological polar surface area (TPSA) is 82.2 Å². The van der Waals surface area contributed by atoms with E-state index in [1.807, 2.05) is 24.3 Å². The lowest BCUT2D eigenvalue weighted by Gasteiger charge is -2.35. The van der Waals surface area contributed by atoms with Gasteiger partial charge in [-0.15, -0.1) is 0 Å². The SMILES string of the molecule is CC[C@@H]1CN(C(=O)C(CC(C)(C)C)NC(=O)c2ccc(N3CCN(CC)CC3)cc2)[C@@H]2C(=O)CO[C@H]12. The average molecular weight is 499 g/mol. The number of nitrogens with zero attached hydrogens (tertiary/aromatic N) is 3. The number of likely N-dealkylation sites (N-methyl/N-ethyl adjacent to an activating group) is 1. The molecule has 3 fully saturated rings. The molecule has 8 heteroatoms. The molecule has 4 rings (SSSR count). The highest BCUT2D eigenvalue weighted by molar-refractivity contribution is 5.99. The molecule has 0 aromatic heterocycles. The molecule has 0 saturated carbocycles. The van der Waals surface area contributed by atoms with Crippen LogP contribution in [0.4, 0.5) is 5.69 Å². The Morgan fingerprint density at radius 3 is 2.33 bits per heavy atom. The zero-order valence-corrected chi connectivity index (χ0v) is 22.5. The van der Waals surface area contributed by atoms with Gasteiger partial charge in [0.15, 0.2) is 5.78 Å². The number of rotatable bonds is 7. The standard InChI is InChI=1S/C28H42N4O4/c1-6-19-17-32(24-23(33)18-36-25(19)24)27(35)22(16-28(3,4)5)29-26(34)20-8-10-21(11-9-20)31-14-12-30(7-2)13-15-31/h8-11,19,22,24-25H,6-7,12-18H2,1-5H3,(H,29,34)/t19-,22?,24-,25-/m1/s1. The van der Waals surface area contributed by atoms with Crippen molar-refractivity contribution in [2.75, 3.05) is 50.8 Å². The van der Waals surface area contributed by atoms with E-state index in [2.05, 4.69) is 49.7 Å². The van der Waals surface area contributed by atoms with Crippen LogP contribution in [0.5, 0.6) is 0 Å². The van der Waals surface area contributed by atoms with Gasteiger partial charge in [-0.05, 0) is 49.1 Å². The van der Waals surface area contributed by atoms with Crippen molar-refractivity contribution >= 4 is 23.3 Å². The first-order chi connectivity index (χ1) is 17.1. The molecule has 2 amide bonds. The van der Waals surface area contributed by atoms with E-state index in [1.165, 1.54) is 0 Å². The van der Waals surface area contributed by atoms with Gasteiger partial charge < -0.3 is 24.8 Å². The molecule has 1 N–H and O–H groups in total. The Hall–Kier alpha value is -2.45. The number of anilines is 1. The molecule has 198 valence electrons. The number of ether oxygens (including phenoxy) is 1. The number of carbonyl (C=O) groups excluding carboxylic acids is 3. The molecular weight excluding hydrogens is 456 g/mol. The second-order valence-electron chi connectivity index (χ2n) is 11.6. The van der Waals surface area contributed by atoms with Gasteiger partial charge in [0.05, 0.1) is 6.10 Å². The monoisotopic (exact) mass is 498 g/mol. The third-order valence-corrected chi connectivity index (χ3v) is 7.83. The van der Waals surface area contributed by atoms with Crippen LogP contribution < -0.4 is 10.2 Å². The summed E-state index contributed by atoms with van der Waals surface area (Å²) in [6.45, 7) is 16.1. The lowest BCUT2D eigenvalue weighted by Crippen LogP contribution is -2.53. The zero-order valence-electron chi connectivity index (χ0n) is 22.5. The van der Waals surface area contributed by atoms with Gasteiger partial charge in [-0.3, -0.25) is 14.4 Å². The molecule has 36 heavy (non-hydrogen) atoms. The summed E-state index contributed by atoms with van der Waals surface area (Å²) >= 11 is 0. The van der Waals surface area contributed by atoms with Gasteiger partial charge in [0.25, 0.3) is 5.91 Å². The van der Waals surface area contributed by atoms with Crippen molar-refractivity contribution in [2.45, 2.75) is 65.6 Å². The molecule has 1 aromatic rings. The quantitative estimate of drug-likeness (QED) is 0.622. The number of piperazine rings is 1. The van der Waals surface area contributed by atoms with Crippen molar-refractivity contribution in [3.63, 3.8) is 0 Å². The molecule has 1 aromatic carbocycles. The summed E-state index contributed by atoms with van der Waals surface area (Å²) in [7, 11) is 0. The summed E-state index contributed by atoms with van der Waals surface area (Å²) in [5, 5.41) is 3.00. The highest BCUT2D eigenvalue weighted by Crippen LogP contribution is 2.35. The van der Waals surface area contributed by atoms with Crippen molar-refractivity contribution in [2.24, 2.45) is 11.3 Å². The van der Waals surface area contributed by atoms with Crippen LogP contribution in [0.2, 0.25) is 0 Å². The normalized spacial score (nSPS) is 25.7. The number of benzene rings is 1. The molecule has 8 nitrogen and oxygen atoms in total. The third kappa shape index (κ3) is 5.75. The molecule has 0 spiro atoms. The number of fused-ring (bicyclic) bond motifs is 1. The maximum Gasteiger partial charge on any atom is 0.251 e. The van der Waals surface area contributed by atoms with Crippen LogP contribution in [-0.4, -0.2) is 91.5 Å². The molecule has 3 aliphatic rings. The van der Waals surface area contributed by atoms with Crippen molar-refractivity contribution < 1.29 is 19.1 Å². The van der Waals surface area contributed by atoms with Crippen molar-refractivity contribution in [3.8, 4) is 0 Å². The lowest BCUT2D eigenvalue weighted by atomic mass is 9.87. The van der Waals surface area contributed by atoms with E-state index in [0.29, 0.717) is 18.5 Å². The Morgan fingerprint density at radius 1 is 1.08 bits per heavy atom. The Balaban J connectivity index is 1.46. The lowest BCUT2D eigenvalue weighted by molar-refractivity contribution is -0.138. The van der Waals surface area contributed by atoms with Crippen LogP contribution >= 0.6 is 0 Å². The minimum atomic E-state index is -0.705. The van der Waals surface area contributed by atoms with E-state index in [4.69, 9.17) is 4.74 Å². The molecule has 1 unspecified atom stereocenters.